The molecule has 0 radical (unpaired) electrons. The Bertz CT molecular complexity index is 904. The largest absolute Gasteiger partial charge is 0.359 e. The van der Waals surface area contributed by atoms with Crippen LogP contribution >= 0.6 is 0 Å². The van der Waals surface area contributed by atoms with Crippen molar-refractivity contribution in [3.8, 4) is 11.3 Å². The molecule has 1 aliphatic heterocycles. The normalized spacial score (nSPS) is 16.4. The summed E-state index contributed by atoms with van der Waals surface area (Å²) in [5, 5.41) is 9.81. The Balaban J connectivity index is 1.43. The van der Waals surface area contributed by atoms with E-state index in [0.29, 0.717) is 29.3 Å². The number of H-pyrrole nitrogens is 1. The van der Waals surface area contributed by atoms with Gasteiger partial charge in [-0.15, -0.1) is 0 Å². The Morgan fingerprint density at radius 3 is 3.16 bits per heavy atom. The van der Waals surface area contributed by atoms with Gasteiger partial charge in [0.1, 0.15) is 17.6 Å². The fourth-order valence-corrected chi connectivity index (χ4v) is 2.90. The summed E-state index contributed by atoms with van der Waals surface area (Å²) in [6, 6.07) is 7.45. The monoisotopic (exact) mass is 341 g/mol. The predicted octanol–water partition coefficient (Wildman–Crippen LogP) is 1.71. The van der Waals surface area contributed by atoms with Crippen LogP contribution in [0.5, 0.6) is 0 Å². The molecule has 1 atom stereocenters. The number of halogens is 1. The van der Waals surface area contributed by atoms with Crippen molar-refractivity contribution >= 4 is 5.91 Å². The van der Waals surface area contributed by atoms with Crippen LogP contribution < -0.4 is 10.6 Å². The van der Waals surface area contributed by atoms with Crippen molar-refractivity contribution < 1.29 is 13.7 Å². The minimum Gasteiger partial charge on any atom is -0.359 e. The van der Waals surface area contributed by atoms with Gasteiger partial charge < -0.3 is 20.1 Å². The third kappa shape index (κ3) is 3.03. The zero-order valence-electron chi connectivity index (χ0n) is 13.3. The molecule has 3 heterocycles. The lowest BCUT2D eigenvalue weighted by molar-refractivity contribution is -0.123. The molecule has 1 aromatic carbocycles. The van der Waals surface area contributed by atoms with Crippen molar-refractivity contribution in [3.05, 3.63) is 59.6 Å². The number of fused-ring (bicyclic) bond motifs is 1. The number of hydrogen-bond acceptors (Lipinski definition) is 5. The molecule has 0 saturated heterocycles. The molecule has 3 N–H and O–H groups in total. The second-order valence-electron chi connectivity index (χ2n) is 5.78. The molecule has 128 valence electrons. The molecule has 2 aromatic heterocycles. The maximum atomic E-state index is 13.8. The smallest absolute Gasteiger partial charge is 0.243 e. The van der Waals surface area contributed by atoms with Gasteiger partial charge in [0.2, 0.25) is 5.91 Å². The molecule has 0 bridgehead atoms. The van der Waals surface area contributed by atoms with E-state index in [0.717, 1.165) is 12.1 Å². The minimum atomic E-state index is -0.496. The summed E-state index contributed by atoms with van der Waals surface area (Å²) >= 11 is 0. The Morgan fingerprint density at radius 1 is 1.40 bits per heavy atom. The first-order valence-electron chi connectivity index (χ1n) is 7.96. The number of nitrogens with zero attached hydrogens (tertiary/aromatic N) is 2. The number of rotatable bonds is 4. The van der Waals surface area contributed by atoms with Gasteiger partial charge in [-0.05, 0) is 12.1 Å². The van der Waals surface area contributed by atoms with Crippen molar-refractivity contribution in [2.45, 2.75) is 19.0 Å². The fraction of sp³-hybridized carbons (Fsp3) is 0.235. The number of benzene rings is 1. The first-order valence-corrected chi connectivity index (χ1v) is 7.96. The number of imidazole rings is 1. The first kappa shape index (κ1) is 15.5. The van der Waals surface area contributed by atoms with Crippen LogP contribution in [0.1, 0.15) is 23.2 Å². The van der Waals surface area contributed by atoms with Crippen molar-refractivity contribution in [1.29, 1.82) is 0 Å². The third-order valence-electron chi connectivity index (χ3n) is 4.16. The summed E-state index contributed by atoms with van der Waals surface area (Å²) < 4.78 is 19.0. The number of carbonyl (C=O) groups is 1. The Hall–Kier alpha value is -3.00. The molecule has 25 heavy (non-hydrogen) atoms. The highest BCUT2D eigenvalue weighted by molar-refractivity contribution is 5.83. The van der Waals surface area contributed by atoms with Crippen LogP contribution in [-0.2, 0) is 17.8 Å². The molecule has 0 spiro atoms. The van der Waals surface area contributed by atoms with Gasteiger partial charge in [0, 0.05) is 30.3 Å². The molecule has 8 heteroatoms. The van der Waals surface area contributed by atoms with E-state index in [4.69, 9.17) is 4.52 Å². The minimum absolute atomic E-state index is 0.165. The predicted molar refractivity (Wildman–Crippen MR) is 86.8 cm³/mol. The summed E-state index contributed by atoms with van der Waals surface area (Å²) in [5.74, 6) is -0.120. The lowest BCUT2D eigenvalue weighted by atomic mass is 10.1. The number of hydrogen-bond donors (Lipinski definition) is 3. The fourth-order valence-electron chi connectivity index (χ4n) is 2.90. The summed E-state index contributed by atoms with van der Waals surface area (Å²) in [6.45, 7) is 0.866. The van der Waals surface area contributed by atoms with Gasteiger partial charge in [0.05, 0.1) is 18.6 Å². The van der Waals surface area contributed by atoms with Crippen molar-refractivity contribution in [2.75, 3.05) is 6.54 Å². The van der Waals surface area contributed by atoms with Gasteiger partial charge in [0.25, 0.3) is 0 Å². The molecular formula is C17H16FN5O2. The topological polar surface area (TPSA) is 95.8 Å². The molecule has 0 aliphatic carbocycles. The van der Waals surface area contributed by atoms with Gasteiger partial charge in [0.15, 0.2) is 5.76 Å². The summed E-state index contributed by atoms with van der Waals surface area (Å²) in [4.78, 5) is 19.7. The standard InChI is InChI=1S/C17H16FN5O2/c18-12-4-2-1-3-11(12)14-7-10(25-23-14)8-20-17(24)16-15-13(5-6-19-16)21-9-22-15/h1-4,7,9,16,19H,5-6,8H2,(H,20,24)(H,21,22)/t16-/m1/s1. The van der Waals surface area contributed by atoms with Crippen LogP contribution in [-0.4, -0.2) is 27.6 Å². The maximum Gasteiger partial charge on any atom is 0.243 e. The molecule has 1 aliphatic rings. The van der Waals surface area contributed by atoms with Gasteiger partial charge in [-0.1, -0.05) is 17.3 Å². The zero-order chi connectivity index (χ0) is 17.2. The van der Waals surface area contributed by atoms with Gasteiger partial charge in [-0.3, -0.25) is 4.79 Å². The van der Waals surface area contributed by atoms with E-state index in [1.54, 1.807) is 30.6 Å². The maximum absolute atomic E-state index is 13.8. The van der Waals surface area contributed by atoms with Gasteiger partial charge in [-0.2, -0.15) is 0 Å². The molecule has 4 rings (SSSR count). The number of carbonyl (C=O) groups excluding carboxylic acids is 1. The number of aromatic nitrogens is 3. The third-order valence-corrected chi connectivity index (χ3v) is 4.16. The number of amides is 1. The van der Waals surface area contributed by atoms with E-state index < -0.39 is 6.04 Å². The second-order valence-corrected chi connectivity index (χ2v) is 5.78. The van der Waals surface area contributed by atoms with Crippen molar-refractivity contribution in [1.82, 2.24) is 25.8 Å². The van der Waals surface area contributed by atoms with E-state index >= 15 is 0 Å². The Labute approximate surface area is 142 Å². The van der Waals surface area contributed by atoms with Crippen LogP contribution in [0.2, 0.25) is 0 Å². The van der Waals surface area contributed by atoms with Crippen LogP contribution in [0, 0.1) is 5.82 Å². The molecule has 0 fully saturated rings. The first-order chi connectivity index (χ1) is 12.2. The molecule has 0 saturated carbocycles. The summed E-state index contributed by atoms with van der Waals surface area (Å²) in [5.41, 5.74) is 2.44. The number of nitrogens with one attached hydrogen (secondary N) is 3. The average Bonchev–Trinajstić information content (AvgIpc) is 3.29. The van der Waals surface area contributed by atoms with Crippen molar-refractivity contribution in [3.63, 3.8) is 0 Å². The molecule has 0 unspecified atom stereocenters. The highest BCUT2D eigenvalue weighted by Crippen LogP contribution is 2.22. The second kappa shape index (κ2) is 6.48. The average molecular weight is 341 g/mol. The van der Waals surface area contributed by atoms with Gasteiger partial charge in [-0.25, -0.2) is 9.37 Å². The number of aromatic amines is 1. The van der Waals surface area contributed by atoms with Crippen LogP contribution in [0.25, 0.3) is 11.3 Å². The van der Waals surface area contributed by atoms with E-state index in [-0.39, 0.29) is 18.3 Å². The van der Waals surface area contributed by atoms with Gasteiger partial charge >= 0.3 is 0 Å². The summed E-state index contributed by atoms with van der Waals surface area (Å²) in [7, 11) is 0. The molecular weight excluding hydrogens is 325 g/mol. The highest BCUT2D eigenvalue weighted by Gasteiger charge is 2.28. The van der Waals surface area contributed by atoms with E-state index in [1.165, 1.54) is 6.07 Å². The quantitative estimate of drug-likeness (QED) is 0.671. The lowest BCUT2D eigenvalue weighted by Gasteiger charge is -2.21. The van der Waals surface area contributed by atoms with Crippen molar-refractivity contribution in [2.24, 2.45) is 0 Å². The highest BCUT2D eigenvalue weighted by atomic mass is 19.1. The van der Waals surface area contributed by atoms with Crippen LogP contribution in [0.4, 0.5) is 4.39 Å². The molecule has 7 nitrogen and oxygen atoms in total. The van der Waals surface area contributed by atoms with Crippen LogP contribution in [0.15, 0.2) is 41.2 Å². The van der Waals surface area contributed by atoms with E-state index in [2.05, 4.69) is 25.8 Å². The molecule has 3 aromatic rings. The Kier molecular flexibility index (Phi) is 4.02. The van der Waals surface area contributed by atoms with Crippen LogP contribution in [0.3, 0.4) is 0 Å². The summed E-state index contributed by atoms with van der Waals surface area (Å²) in [6.07, 6.45) is 2.41. The SMILES string of the molecule is O=C(NCc1cc(-c2ccccc2F)no1)[C@@H]1NCCc2[nH]cnc21. The zero-order valence-corrected chi connectivity index (χ0v) is 13.3. The molecule has 1 amide bonds. The van der Waals surface area contributed by atoms with E-state index in [9.17, 15) is 9.18 Å². The lowest BCUT2D eigenvalue weighted by Crippen LogP contribution is -2.41. The Morgan fingerprint density at radius 2 is 2.28 bits per heavy atom. The van der Waals surface area contributed by atoms with E-state index in [1.807, 2.05) is 0 Å².